The highest BCUT2D eigenvalue weighted by atomic mass is 16.3. The number of fused-ring (bicyclic) bond motifs is 3. The molecule has 1 amide bonds. The molecule has 2 fully saturated rings. The Morgan fingerprint density at radius 1 is 1.11 bits per heavy atom. The summed E-state index contributed by atoms with van der Waals surface area (Å²) in [5, 5.41) is 45.0. The fourth-order valence-electron chi connectivity index (χ4n) is 6.34. The summed E-state index contributed by atoms with van der Waals surface area (Å²) in [6.07, 6.45) is 0.0470. The monoisotopic (exact) mass is 512 g/mol. The van der Waals surface area contributed by atoms with E-state index in [2.05, 4.69) is 4.90 Å². The Balaban J connectivity index is 1.69. The minimum absolute atomic E-state index is 0.108. The van der Waals surface area contributed by atoms with Gasteiger partial charge in [-0.3, -0.25) is 14.4 Å². The Hall–Kier alpha value is -3.57. The van der Waals surface area contributed by atoms with Crippen LogP contribution in [0.25, 0.3) is 5.76 Å². The molecule has 1 aromatic carbocycles. The van der Waals surface area contributed by atoms with Crippen LogP contribution in [-0.2, 0) is 20.8 Å². The molecule has 0 spiro atoms. The topological polar surface area (TPSA) is 168 Å². The lowest BCUT2D eigenvalue weighted by atomic mass is 9.59. The summed E-state index contributed by atoms with van der Waals surface area (Å²) in [5.41, 5.74) is 3.84. The predicted molar refractivity (Wildman–Crippen MR) is 135 cm³/mol. The molecule has 0 bridgehead atoms. The lowest BCUT2D eigenvalue weighted by Crippen LogP contribution is -2.58. The molecular formula is C26H32N4O7. The second kappa shape index (κ2) is 8.49. The van der Waals surface area contributed by atoms with Crippen molar-refractivity contribution in [2.45, 2.75) is 24.9 Å². The van der Waals surface area contributed by atoms with Crippen molar-refractivity contribution in [1.29, 1.82) is 0 Å². The highest BCUT2D eigenvalue weighted by molar-refractivity contribution is 6.22. The van der Waals surface area contributed by atoms with Crippen molar-refractivity contribution in [2.24, 2.45) is 17.6 Å². The number of hydrogen-bond donors (Lipinski definition) is 5. The standard InChI is InChI=1S/C26H32N4O7/c1-28(2)15-11-16(30-6-4-29(3)5-7-30)21(32)19-14(15)9-12-8-13-10-17(31)20(25(27)36)24(35)26(13,37)23(34)18(12)22(19)33/h11-13,32-33,35,37H,4-10H2,1-3H3,(H2,27,36). The molecule has 198 valence electrons. The zero-order chi connectivity index (χ0) is 27.0. The summed E-state index contributed by atoms with van der Waals surface area (Å²) in [6.45, 7) is 2.92. The number of aliphatic hydroxyl groups excluding tert-OH is 2. The molecule has 37 heavy (non-hydrogen) atoms. The van der Waals surface area contributed by atoms with Crippen LogP contribution in [0, 0.1) is 11.8 Å². The maximum Gasteiger partial charge on any atom is 0.255 e. The zero-order valence-corrected chi connectivity index (χ0v) is 21.1. The molecular weight excluding hydrogens is 480 g/mol. The number of aromatic hydroxyl groups is 1. The van der Waals surface area contributed by atoms with E-state index in [0.717, 1.165) is 18.8 Å². The van der Waals surface area contributed by atoms with E-state index < -0.39 is 52.0 Å². The van der Waals surface area contributed by atoms with Gasteiger partial charge in [-0.2, -0.15) is 0 Å². The van der Waals surface area contributed by atoms with Crippen LogP contribution in [0.1, 0.15) is 24.0 Å². The molecule has 3 aliphatic carbocycles. The summed E-state index contributed by atoms with van der Waals surface area (Å²) < 4.78 is 0. The minimum atomic E-state index is -2.56. The molecule has 0 radical (unpaired) electrons. The van der Waals surface area contributed by atoms with Gasteiger partial charge in [0.15, 0.2) is 11.4 Å². The number of carbonyl (C=O) groups is 3. The number of rotatable bonds is 3. The van der Waals surface area contributed by atoms with E-state index in [0.29, 0.717) is 24.3 Å². The lowest BCUT2D eigenvalue weighted by molar-refractivity contribution is -0.147. The van der Waals surface area contributed by atoms with E-state index in [1.807, 2.05) is 37.0 Å². The number of ketones is 2. The Morgan fingerprint density at radius 2 is 1.76 bits per heavy atom. The van der Waals surface area contributed by atoms with Crippen LogP contribution in [0.2, 0.25) is 0 Å². The minimum Gasteiger partial charge on any atom is -0.508 e. The Labute approximate surface area is 214 Å². The molecule has 1 aliphatic heterocycles. The van der Waals surface area contributed by atoms with Crippen LogP contribution < -0.4 is 15.5 Å². The molecule has 4 aliphatic rings. The van der Waals surface area contributed by atoms with E-state index >= 15 is 0 Å². The van der Waals surface area contributed by atoms with Gasteiger partial charge in [0.1, 0.15) is 22.8 Å². The van der Waals surface area contributed by atoms with Gasteiger partial charge >= 0.3 is 0 Å². The van der Waals surface area contributed by atoms with E-state index in [1.165, 1.54) is 0 Å². The van der Waals surface area contributed by atoms with Gasteiger partial charge in [-0.15, -0.1) is 0 Å². The molecule has 1 saturated carbocycles. The lowest BCUT2D eigenvalue weighted by Gasteiger charge is -2.46. The number of aliphatic hydroxyl groups is 3. The number of benzene rings is 1. The molecule has 6 N–H and O–H groups in total. The number of nitrogens with two attached hydrogens (primary N) is 1. The van der Waals surface area contributed by atoms with E-state index in [9.17, 15) is 34.8 Å². The Kier molecular flexibility index (Phi) is 5.76. The quantitative estimate of drug-likeness (QED) is 0.354. The summed E-state index contributed by atoms with van der Waals surface area (Å²) in [5.74, 6) is -6.20. The number of phenolic OH excluding ortho intramolecular Hbond substituents is 1. The number of nitrogens with zero attached hydrogens (tertiary/aromatic N) is 3. The van der Waals surface area contributed by atoms with Crippen molar-refractivity contribution < 1.29 is 34.8 Å². The number of piperazine rings is 1. The van der Waals surface area contributed by atoms with E-state index in [4.69, 9.17) is 5.73 Å². The molecule has 3 atom stereocenters. The first-order chi connectivity index (χ1) is 17.4. The maximum atomic E-state index is 13.7. The summed E-state index contributed by atoms with van der Waals surface area (Å²) in [4.78, 5) is 44.2. The van der Waals surface area contributed by atoms with Crippen LogP contribution in [0.3, 0.4) is 0 Å². The van der Waals surface area contributed by atoms with Crippen molar-refractivity contribution in [3.8, 4) is 5.75 Å². The van der Waals surface area contributed by atoms with Gasteiger partial charge in [-0.25, -0.2) is 0 Å². The van der Waals surface area contributed by atoms with Crippen LogP contribution in [0.5, 0.6) is 5.75 Å². The molecule has 11 nitrogen and oxygen atoms in total. The van der Waals surface area contributed by atoms with Gasteiger partial charge in [-0.1, -0.05) is 0 Å². The molecule has 3 unspecified atom stereocenters. The molecule has 5 rings (SSSR count). The zero-order valence-electron chi connectivity index (χ0n) is 21.1. The molecule has 1 heterocycles. The number of primary amides is 1. The SMILES string of the molecule is CN1CCN(c2cc(N(C)C)c3c(c2O)C(O)=C2C(=O)C4(O)C(O)=C(C(N)=O)C(=O)CC4CC2C3)CC1. The largest absolute Gasteiger partial charge is 0.508 e. The number of hydrogen-bond acceptors (Lipinski definition) is 10. The number of likely N-dealkylation sites (N-methyl/N-ethyl adjacent to an activating group) is 1. The van der Waals surface area contributed by atoms with Crippen LogP contribution in [0.15, 0.2) is 23.0 Å². The number of amides is 1. The number of carbonyl (C=O) groups excluding carboxylic acids is 3. The maximum absolute atomic E-state index is 13.7. The van der Waals surface area contributed by atoms with Gasteiger partial charge < -0.3 is 40.9 Å². The van der Waals surface area contributed by atoms with Gasteiger partial charge in [0.05, 0.1) is 11.3 Å². The van der Waals surface area contributed by atoms with E-state index in [-0.39, 0.29) is 36.1 Å². The van der Waals surface area contributed by atoms with Gasteiger partial charge in [0.2, 0.25) is 5.78 Å². The fraction of sp³-hybridized carbons (Fsp3) is 0.500. The summed E-state index contributed by atoms with van der Waals surface area (Å²) >= 11 is 0. The fourth-order valence-corrected chi connectivity index (χ4v) is 6.34. The van der Waals surface area contributed by atoms with Crippen LogP contribution in [-0.4, -0.2) is 95.7 Å². The molecule has 1 aromatic rings. The number of anilines is 2. The van der Waals surface area contributed by atoms with E-state index in [1.54, 1.807) is 0 Å². The van der Waals surface area contributed by atoms with Crippen molar-refractivity contribution in [2.75, 3.05) is 57.1 Å². The molecule has 0 aromatic heterocycles. The van der Waals surface area contributed by atoms with Gasteiger partial charge in [0.25, 0.3) is 5.91 Å². The third-order valence-corrected chi connectivity index (χ3v) is 8.35. The van der Waals surface area contributed by atoms with Crippen LogP contribution >= 0.6 is 0 Å². The second-order valence-corrected chi connectivity index (χ2v) is 10.7. The average Bonchev–Trinajstić information content (AvgIpc) is 2.82. The molecule has 11 heteroatoms. The number of phenols is 1. The normalized spacial score (nSPS) is 28.2. The molecule has 1 saturated heterocycles. The summed E-state index contributed by atoms with van der Waals surface area (Å²) in [7, 11) is 5.73. The van der Waals surface area contributed by atoms with Gasteiger partial charge in [-0.05, 0) is 37.4 Å². The first-order valence-electron chi connectivity index (χ1n) is 12.3. The van der Waals surface area contributed by atoms with Crippen molar-refractivity contribution in [3.63, 3.8) is 0 Å². The highest BCUT2D eigenvalue weighted by Gasteiger charge is 2.60. The Bertz CT molecular complexity index is 1290. The van der Waals surface area contributed by atoms with Crippen molar-refractivity contribution in [1.82, 2.24) is 4.90 Å². The highest BCUT2D eigenvalue weighted by Crippen LogP contribution is 2.54. The average molecular weight is 513 g/mol. The van der Waals surface area contributed by atoms with Crippen molar-refractivity contribution in [3.05, 3.63) is 34.1 Å². The number of Topliss-reactive ketones (excluding diaryl/α,β-unsaturated/α-hetero) is 2. The predicted octanol–water partition coefficient (Wildman–Crippen LogP) is 0.242. The van der Waals surface area contributed by atoms with Crippen molar-refractivity contribution >= 4 is 34.6 Å². The first-order valence-corrected chi connectivity index (χ1v) is 12.3. The first kappa shape index (κ1) is 25.1. The second-order valence-electron chi connectivity index (χ2n) is 10.7. The third-order valence-electron chi connectivity index (χ3n) is 8.35. The van der Waals surface area contributed by atoms with Gasteiger partial charge in [0, 0.05) is 63.9 Å². The third kappa shape index (κ3) is 3.51. The van der Waals surface area contributed by atoms with Crippen LogP contribution in [0.4, 0.5) is 11.4 Å². The smallest absolute Gasteiger partial charge is 0.255 e. The summed E-state index contributed by atoms with van der Waals surface area (Å²) in [6, 6.07) is 1.89. The Morgan fingerprint density at radius 3 is 2.35 bits per heavy atom.